The molecule has 0 bridgehead atoms. The number of amides is 1. The van der Waals surface area contributed by atoms with Gasteiger partial charge < -0.3 is 16.0 Å². The number of guanidine groups is 1. The number of hydrogen-bond acceptors (Lipinski definition) is 2. The Morgan fingerprint density at radius 2 is 1.85 bits per heavy atom. The first-order valence-corrected chi connectivity index (χ1v) is 9.05. The molecule has 1 atom stereocenters. The van der Waals surface area contributed by atoms with Gasteiger partial charge in [0.25, 0.3) is 5.91 Å². The first kappa shape index (κ1) is 20.4. The van der Waals surface area contributed by atoms with Crippen LogP contribution >= 0.6 is 0 Å². The molecule has 144 valence electrons. The van der Waals surface area contributed by atoms with E-state index < -0.39 is 0 Å². The van der Waals surface area contributed by atoms with Gasteiger partial charge in [-0.25, -0.2) is 4.39 Å². The number of rotatable bonds is 6. The molecule has 1 unspecified atom stereocenters. The number of carbonyl (C=O) groups is 1. The van der Waals surface area contributed by atoms with Gasteiger partial charge in [0.15, 0.2) is 5.96 Å². The van der Waals surface area contributed by atoms with Crippen molar-refractivity contribution in [3.63, 3.8) is 0 Å². The lowest BCUT2D eigenvalue weighted by atomic mass is 10.1. The van der Waals surface area contributed by atoms with E-state index >= 15 is 0 Å². The Morgan fingerprint density at radius 3 is 2.44 bits per heavy atom. The molecule has 3 N–H and O–H groups in total. The summed E-state index contributed by atoms with van der Waals surface area (Å²) in [5.41, 5.74) is 3.15. The standard InChI is InChI=1S/C21H27FN4O/c1-5-24-20(27)17-10-7-16(8-11-17)13-25-21(23-4)26-15(3)18-9-6-14(2)19(22)12-18/h6-12,15H,5,13H2,1-4H3,(H,24,27)(H2,23,25,26). The van der Waals surface area contributed by atoms with Gasteiger partial charge in [-0.1, -0.05) is 24.3 Å². The fourth-order valence-electron chi connectivity index (χ4n) is 2.58. The highest BCUT2D eigenvalue weighted by Crippen LogP contribution is 2.16. The van der Waals surface area contributed by atoms with E-state index in [4.69, 9.17) is 0 Å². The van der Waals surface area contributed by atoms with Crippen LogP contribution in [0.4, 0.5) is 4.39 Å². The maximum absolute atomic E-state index is 13.8. The summed E-state index contributed by atoms with van der Waals surface area (Å²) >= 11 is 0. The second-order valence-electron chi connectivity index (χ2n) is 6.36. The lowest BCUT2D eigenvalue weighted by Crippen LogP contribution is -2.38. The highest BCUT2D eigenvalue weighted by Gasteiger charge is 2.10. The van der Waals surface area contributed by atoms with Crippen molar-refractivity contribution in [3.05, 3.63) is 70.5 Å². The van der Waals surface area contributed by atoms with Crippen LogP contribution in [0.1, 0.15) is 46.9 Å². The van der Waals surface area contributed by atoms with Crippen LogP contribution in [-0.4, -0.2) is 25.5 Å². The zero-order valence-electron chi connectivity index (χ0n) is 16.3. The lowest BCUT2D eigenvalue weighted by molar-refractivity contribution is 0.0956. The molecule has 0 aromatic heterocycles. The number of nitrogens with zero attached hydrogens (tertiary/aromatic N) is 1. The first-order valence-electron chi connectivity index (χ1n) is 9.05. The molecular weight excluding hydrogens is 343 g/mol. The zero-order valence-corrected chi connectivity index (χ0v) is 16.3. The molecule has 2 aromatic rings. The lowest BCUT2D eigenvalue weighted by Gasteiger charge is -2.19. The van der Waals surface area contributed by atoms with E-state index in [9.17, 15) is 9.18 Å². The second-order valence-corrected chi connectivity index (χ2v) is 6.36. The van der Waals surface area contributed by atoms with E-state index in [0.29, 0.717) is 30.2 Å². The van der Waals surface area contributed by atoms with Crippen LogP contribution in [0.3, 0.4) is 0 Å². The fraction of sp³-hybridized carbons (Fsp3) is 0.333. The third-order valence-electron chi connectivity index (χ3n) is 4.29. The minimum Gasteiger partial charge on any atom is -0.352 e. The molecule has 2 aromatic carbocycles. The van der Waals surface area contributed by atoms with E-state index in [-0.39, 0.29) is 17.8 Å². The average Bonchev–Trinajstić information content (AvgIpc) is 2.67. The van der Waals surface area contributed by atoms with Crippen molar-refractivity contribution in [2.75, 3.05) is 13.6 Å². The highest BCUT2D eigenvalue weighted by molar-refractivity contribution is 5.94. The summed E-state index contributed by atoms with van der Waals surface area (Å²) in [6.45, 7) is 6.76. The second kappa shape index (κ2) is 9.71. The Hall–Kier alpha value is -2.89. The monoisotopic (exact) mass is 370 g/mol. The van der Waals surface area contributed by atoms with E-state index in [2.05, 4.69) is 20.9 Å². The summed E-state index contributed by atoms with van der Waals surface area (Å²) in [5.74, 6) is 0.334. The van der Waals surface area contributed by atoms with E-state index in [1.54, 1.807) is 38.2 Å². The minimum atomic E-state index is -0.212. The number of halogens is 1. The molecule has 0 fully saturated rings. The van der Waals surface area contributed by atoms with Crippen molar-refractivity contribution in [3.8, 4) is 0 Å². The van der Waals surface area contributed by atoms with Gasteiger partial charge in [-0.05, 0) is 55.7 Å². The van der Waals surface area contributed by atoms with E-state index in [1.165, 1.54) is 0 Å². The Labute approximate surface area is 160 Å². The summed E-state index contributed by atoms with van der Waals surface area (Å²) in [6, 6.07) is 12.5. The molecule has 0 aliphatic heterocycles. The quantitative estimate of drug-likeness (QED) is 0.540. The SMILES string of the molecule is CCNC(=O)c1ccc(CNC(=NC)NC(C)c2ccc(C)c(F)c2)cc1. The molecule has 0 aliphatic carbocycles. The molecule has 5 nitrogen and oxygen atoms in total. The van der Waals surface area contributed by atoms with Crippen molar-refractivity contribution in [2.45, 2.75) is 33.4 Å². The van der Waals surface area contributed by atoms with Gasteiger partial charge in [0.2, 0.25) is 0 Å². The molecular formula is C21H27FN4O. The molecule has 0 heterocycles. The number of carbonyl (C=O) groups excluding carboxylic acids is 1. The van der Waals surface area contributed by atoms with Crippen molar-refractivity contribution < 1.29 is 9.18 Å². The number of hydrogen-bond donors (Lipinski definition) is 3. The van der Waals surface area contributed by atoms with Gasteiger partial charge in [-0.3, -0.25) is 9.79 Å². The first-order chi connectivity index (χ1) is 12.9. The number of nitrogens with one attached hydrogen (secondary N) is 3. The molecule has 2 rings (SSSR count). The third-order valence-corrected chi connectivity index (χ3v) is 4.29. The van der Waals surface area contributed by atoms with Crippen LogP contribution in [0.25, 0.3) is 0 Å². The Kier molecular flexibility index (Phi) is 7.34. The predicted molar refractivity (Wildman–Crippen MR) is 107 cm³/mol. The highest BCUT2D eigenvalue weighted by atomic mass is 19.1. The summed E-state index contributed by atoms with van der Waals surface area (Å²) in [7, 11) is 1.69. The third kappa shape index (κ3) is 5.81. The van der Waals surface area contributed by atoms with Gasteiger partial charge in [0.05, 0.1) is 6.04 Å². The van der Waals surface area contributed by atoms with E-state index in [1.807, 2.05) is 32.0 Å². The maximum atomic E-state index is 13.8. The van der Waals surface area contributed by atoms with Crippen LogP contribution in [0.2, 0.25) is 0 Å². The van der Waals surface area contributed by atoms with Crippen LogP contribution in [-0.2, 0) is 6.54 Å². The zero-order chi connectivity index (χ0) is 19.8. The molecule has 0 spiro atoms. The average molecular weight is 370 g/mol. The van der Waals surface area contributed by atoms with Crippen LogP contribution < -0.4 is 16.0 Å². The molecule has 0 saturated heterocycles. The van der Waals surface area contributed by atoms with Gasteiger partial charge in [-0.15, -0.1) is 0 Å². The maximum Gasteiger partial charge on any atom is 0.251 e. The number of aliphatic imine (C=N–C) groups is 1. The summed E-state index contributed by atoms with van der Waals surface area (Å²) < 4.78 is 13.8. The summed E-state index contributed by atoms with van der Waals surface area (Å²) in [6.07, 6.45) is 0. The van der Waals surface area contributed by atoms with Gasteiger partial charge >= 0.3 is 0 Å². The topological polar surface area (TPSA) is 65.5 Å². The predicted octanol–water partition coefficient (Wildman–Crippen LogP) is 3.31. The van der Waals surface area contributed by atoms with Crippen LogP contribution in [0.15, 0.2) is 47.5 Å². The largest absolute Gasteiger partial charge is 0.352 e. The van der Waals surface area contributed by atoms with Crippen molar-refractivity contribution >= 4 is 11.9 Å². The smallest absolute Gasteiger partial charge is 0.251 e. The van der Waals surface area contributed by atoms with Crippen molar-refractivity contribution in [1.29, 1.82) is 0 Å². The molecule has 1 amide bonds. The molecule has 0 aliphatic rings. The minimum absolute atomic E-state index is 0.0753. The van der Waals surface area contributed by atoms with Crippen molar-refractivity contribution in [1.82, 2.24) is 16.0 Å². The van der Waals surface area contributed by atoms with Gasteiger partial charge in [0, 0.05) is 25.7 Å². The van der Waals surface area contributed by atoms with Crippen molar-refractivity contribution in [2.24, 2.45) is 4.99 Å². The van der Waals surface area contributed by atoms with E-state index in [0.717, 1.165) is 11.1 Å². The van der Waals surface area contributed by atoms with Crippen LogP contribution in [0.5, 0.6) is 0 Å². The Balaban J connectivity index is 1.93. The van der Waals surface area contributed by atoms with Crippen LogP contribution in [0, 0.1) is 12.7 Å². The molecule has 0 saturated carbocycles. The summed E-state index contributed by atoms with van der Waals surface area (Å²) in [4.78, 5) is 16.0. The van der Waals surface area contributed by atoms with Gasteiger partial charge in [-0.2, -0.15) is 0 Å². The number of aryl methyl sites for hydroxylation is 1. The van der Waals surface area contributed by atoms with Gasteiger partial charge in [0.1, 0.15) is 5.82 Å². The Morgan fingerprint density at radius 1 is 1.15 bits per heavy atom. The fourth-order valence-corrected chi connectivity index (χ4v) is 2.58. The molecule has 0 radical (unpaired) electrons. The normalized spacial score (nSPS) is 12.4. The number of benzene rings is 2. The Bertz CT molecular complexity index is 802. The molecule has 27 heavy (non-hydrogen) atoms. The molecule has 6 heteroatoms. The summed E-state index contributed by atoms with van der Waals surface area (Å²) in [5, 5.41) is 9.26.